The molecule has 0 spiro atoms. The number of aliphatic hydroxyl groups excluding tert-OH is 3. The zero-order valence-electron chi connectivity index (χ0n) is 15.8. The number of ether oxygens (including phenoxy) is 2. The van der Waals surface area contributed by atoms with E-state index in [1.807, 2.05) is 0 Å². The van der Waals surface area contributed by atoms with Gasteiger partial charge < -0.3 is 24.8 Å². The first-order valence-electron chi connectivity index (χ1n) is 10.1. The average molecular weight is 359 g/mol. The highest BCUT2D eigenvalue weighted by molar-refractivity contribution is 4.89. The van der Waals surface area contributed by atoms with Crippen molar-refractivity contribution in [2.24, 2.45) is 0 Å². The second-order valence-corrected chi connectivity index (χ2v) is 6.97. The monoisotopic (exact) mass is 358 g/mol. The van der Waals surface area contributed by atoms with Crippen LogP contribution in [0.25, 0.3) is 0 Å². The minimum Gasteiger partial charge on any atom is -0.394 e. The third-order valence-corrected chi connectivity index (χ3v) is 4.70. The van der Waals surface area contributed by atoms with E-state index in [2.05, 4.69) is 19.1 Å². The molecule has 0 amide bonds. The molecule has 0 unspecified atom stereocenters. The van der Waals surface area contributed by atoms with Crippen LogP contribution in [-0.4, -0.2) is 59.6 Å². The van der Waals surface area contributed by atoms with E-state index in [1.54, 1.807) is 0 Å². The van der Waals surface area contributed by atoms with E-state index in [1.165, 1.54) is 44.9 Å². The number of unbranched alkanes of at least 4 members (excludes halogenated alkanes) is 8. The fraction of sp³-hybridized carbons (Fsp3) is 0.900. The lowest BCUT2D eigenvalue weighted by molar-refractivity contribution is -0.0938. The Morgan fingerprint density at radius 3 is 2.32 bits per heavy atom. The van der Waals surface area contributed by atoms with E-state index in [9.17, 15) is 10.2 Å². The van der Waals surface area contributed by atoms with E-state index in [-0.39, 0.29) is 13.2 Å². The van der Waals surface area contributed by atoms with Crippen LogP contribution < -0.4 is 0 Å². The molecule has 0 bridgehead atoms. The molecule has 1 rings (SSSR count). The molecule has 0 radical (unpaired) electrons. The van der Waals surface area contributed by atoms with Gasteiger partial charge in [-0.3, -0.25) is 0 Å². The summed E-state index contributed by atoms with van der Waals surface area (Å²) in [6, 6.07) is 0. The molecule has 0 aromatic heterocycles. The molecule has 0 saturated carbocycles. The molecule has 0 aromatic carbocycles. The highest BCUT2D eigenvalue weighted by Crippen LogP contribution is 2.21. The van der Waals surface area contributed by atoms with Crippen LogP contribution in [0.15, 0.2) is 12.2 Å². The van der Waals surface area contributed by atoms with Gasteiger partial charge in [0, 0.05) is 6.61 Å². The number of rotatable bonds is 15. The summed E-state index contributed by atoms with van der Waals surface area (Å²) in [5.74, 6) is 0. The Labute approximate surface area is 153 Å². The first-order chi connectivity index (χ1) is 12.2. The molecule has 0 aromatic rings. The zero-order chi connectivity index (χ0) is 18.3. The lowest BCUT2D eigenvalue weighted by Crippen LogP contribution is -2.42. The first-order valence-corrected chi connectivity index (χ1v) is 10.1. The number of hydrogen-bond acceptors (Lipinski definition) is 5. The quantitative estimate of drug-likeness (QED) is 0.310. The smallest absolute Gasteiger partial charge is 0.114 e. The maximum Gasteiger partial charge on any atom is 0.114 e. The van der Waals surface area contributed by atoms with Crippen molar-refractivity contribution in [3.8, 4) is 0 Å². The van der Waals surface area contributed by atoms with Crippen molar-refractivity contribution >= 4 is 0 Å². The molecule has 5 nitrogen and oxygen atoms in total. The average Bonchev–Trinajstić information content (AvgIpc) is 2.99. The van der Waals surface area contributed by atoms with Crippen molar-refractivity contribution in [1.29, 1.82) is 0 Å². The second kappa shape index (κ2) is 14.7. The number of aliphatic hydroxyl groups is 3. The van der Waals surface area contributed by atoms with Crippen molar-refractivity contribution in [3.05, 3.63) is 12.2 Å². The molecule has 4 atom stereocenters. The fourth-order valence-electron chi connectivity index (χ4n) is 3.12. The van der Waals surface area contributed by atoms with Crippen LogP contribution in [0.2, 0.25) is 0 Å². The van der Waals surface area contributed by atoms with Crippen LogP contribution in [0.4, 0.5) is 0 Å². The molecule has 1 aliphatic rings. The molecule has 1 aliphatic heterocycles. The first kappa shape index (κ1) is 22.6. The number of allylic oxidation sites excluding steroid dienone is 2. The van der Waals surface area contributed by atoms with Crippen LogP contribution in [0, 0.1) is 0 Å². The Morgan fingerprint density at radius 1 is 1.04 bits per heavy atom. The van der Waals surface area contributed by atoms with Gasteiger partial charge in [-0.1, -0.05) is 51.2 Å². The molecule has 3 N–H and O–H groups in total. The topological polar surface area (TPSA) is 79.2 Å². The van der Waals surface area contributed by atoms with Crippen molar-refractivity contribution in [2.75, 3.05) is 19.8 Å². The lowest BCUT2D eigenvalue weighted by atomic mass is 10.1. The Kier molecular flexibility index (Phi) is 13.3. The standard InChI is InChI=1S/C20H38O5/c1-2-3-4-5-6-7-8-9-10-11-12-13-14-24-20-18(23)16-25-19(20)17(22)15-21/h7-8,17-23H,2-6,9-16H2,1H3/b8-7+/t17-,18+,19-,20-/m1/s1. The Hall–Kier alpha value is -0.460. The van der Waals surface area contributed by atoms with Gasteiger partial charge in [-0.25, -0.2) is 0 Å². The third-order valence-electron chi connectivity index (χ3n) is 4.70. The van der Waals surface area contributed by atoms with Gasteiger partial charge in [0.15, 0.2) is 0 Å². The van der Waals surface area contributed by atoms with E-state index in [4.69, 9.17) is 14.6 Å². The van der Waals surface area contributed by atoms with Crippen LogP contribution in [0.3, 0.4) is 0 Å². The molecule has 0 aliphatic carbocycles. The SMILES string of the molecule is CCCCCC/C=C/CCCCCCO[C@H]1[C@@H]([C@H](O)CO)OC[C@@H]1O. The van der Waals surface area contributed by atoms with E-state index < -0.39 is 24.4 Å². The molecule has 1 saturated heterocycles. The predicted octanol–water partition coefficient (Wildman–Crippen LogP) is 2.96. The van der Waals surface area contributed by atoms with Crippen LogP contribution in [-0.2, 0) is 9.47 Å². The van der Waals surface area contributed by atoms with Crippen LogP contribution in [0.1, 0.15) is 71.1 Å². The van der Waals surface area contributed by atoms with Gasteiger partial charge in [-0.15, -0.1) is 0 Å². The van der Waals surface area contributed by atoms with Gasteiger partial charge in [0.1, 0.15) is 24.4 Å². The predicted molar refractivity (Wildman–Crippen MR) is 99.6 cm³/mol. The summed E-state index contributed by atoms with van der Waals surface area (Å²) in [6.07, 6.45) is 13.8. The maximum absolute atomic E-state index is 9.84. The highest BCUT2D eigenvalue weighted by atomic mass is 16.6. The van der Waals surface area contributed by atoms with Crippen molar-refractivity contribution in [1.82, 2.24) is 0 Å². The minimum absolute atomic E-state index is 0.150. The zero-order valence-corrected chi connectivity index (χ0v) is 15.8. The number of hydrogen-bond donors (Lipinski definition) is 3. The summed E-state index contributed by atoms with van der Waals surface area (Å²) < 4.78 is 11.0. The third kappa shape index (κ3) is 9.71. The Morgan fingerprint density at radius 2 is 1.68 bits per heavy atom. The molecule has 148 valence electrons. The second-order valence-electron chi connectivity index (χ2n) is 6.97. The van der Waals surface area contributed by atoms with Crippen LogP contribution in [0.5, 0.6) is 0 Å². The summed E-state index contributed by atoms with van der Waals surface area (Å²) in [5.41, 5.74) is 0. The summed E-state index contributed by atoms with van der Waals surface area (Å²) in [7, 11) is 0. The normalized spacial score (nSPS) is 25.0. The lowest BCUT2D eigenvalue weighted by Gasteiger charge is -2.23. The maximum atomic E-state index is 9.84. The summed E-state index contributed by atoms with van der Waals surface area (Å²) in [4.78, 5) is 0. The molecular formula is C20H38O5. The van der Waals surface area contributed by atoms with Crippen molar-refractivity contribution in [2.45, 2.75) is 95.5 Å². The fourth-order valence-corrected chi connectivity index (χ4v) is 3.12. The van der Waals surface area contributed by atoms with E-state index >= 15 is 0 Å². The summed E-state index contributed by atoms with van der Waals surface area (Å²) >= 11 is 0. The highest BCUT2D eigenvalue weighted by Gasteiger charge is 2.40. The molecular weight excluding hydrogens is 320 g/mol. The summed E-state index contributed by atoms with van der Waals surface area (Å²) in [5, 5.41) is 28.5. The minimum atomic E-state index is -1.00. The van der Waals surface area contributed by atoms with Gasteiger partial charge >= 0.3 is 0 Å². The summed E-state index contributed by atoms with van der Waals surface area (Å²) in [6.45, 7) is 2.55. The van der Waals surface area contributed by atoms with Gasteiger partial charge in [0.2, 0.25) is 0 Å². The van der Waals surface area contributed by atoms with Gasteiger partial charge in [0.25, 0.3) is 0 Å². The van der Waals surface area contributed by atoms with Crippen molar-refractivity contribution in [3.63, 3.8) is 0 Å². The largest absolute Gasteiger partial charge is 0.394 e. The Balaban J connectivity index is 1.97. The van der Waals surface area contributed by atoms with E-state index in [0.29, 0.717) is 6.61 Å². The van der Waals surface area contributed by atoms with Gasteiger partial charge in [-0.2, -0.15) is 0 Å². The molecule has 1 fully saturated rings. The van der Waals surface area contributed by atoms with Gasteiger partial charge in [0.05, 0.1) is 13.2 Å². The molecule has 5 heteroatoms. The molecule has 1 heterocycles. The van der Waals surface area contributed by atoms with Gasteiger partial charge in [-0.05, 0) is 32.1 Å². The van der Waals surface area contributed by atoms with E-state index in [0.717, 1.165) is 19.3 Å². The Bertz CT molecular complexity index is 334. The molecule has 25 heavy (non-hydrogen) atoms. The van der Waals surface area contributed by atoms with Crippen molar-refractivity contribution < 1.29 is 24.8 Å². The van der Waals surface area contributed by atoms with Crippen LogP contribution >= 0.6 is 0 Å².